The van der Waals surface area contributed by atoms with Gasteiger partial charge in [0, 0.05) is 18.7 Å². The number of ether oxygens (including phenoxy) is 1. The van der Waals surface area contributed by atoms with Gasteiger partial charge < -0.3 is 9.64 Å². The first kappa shape index (κ1) is 18.5. The topological polar surface area (TPSA) is 45.1 Å². The van der Waals surface area contributed by atoms with E-state index < -0.39 is 17.7 Å². The highest BCUT2D eigenvalue weighted by Gasteiger charge is 2.39. The summed E-state index contributed by atoms with van der Waals surface area (Å²) < 4.78 is 33.2. The molecule has 1 atom stereocenters. The number of hydrazone groups is 1. The van der Waals surface area contributed by atoms with Gasteiger partial charge in [0.15, 0.2) is 0 Å². The summed E-state index contributed by atoms with van der Waals surface area (Å²) in [5.74, 6) is -0.577. The van der Waals surface area contributed by atoms with Crippen LogP contribution in [0, 0.1) is 11.6 Å². The lowest BCUT2D eigenvalue weighted by molar-refractivity contribution is 0.0278. The van der Waals surface area contributed by atoms with E-state index in [2.05, 4.69) is 5.10 Å². The molecule has 0 radical (unpaired) electrons. The van der Waals surface area contributed by atoms with Crippen molar-refractivity contribution in [3.8, 4) is 5.75 Å². The molecule has 7 heteroatoms. The van der Waals surface area contributed by atoms with Crippen molar-refractivity contribution in [3.05, 3.63) is 77.9 Å². The zero-order chi connectivity index (χ0) is 20.7. The molecule has 0 aliphatic carbocycles. The number of likely N-dealkylation sites (tertiary alicyclic amines) is 1. The Balaban J connectivity index is 1.23. The largest absolute Gasteiger partial charge is 0.487 e. The van der Waals surface area contributed by atoms with Crippen molar-refractivity contribution in [1.82, 2.24) is 9.91 Å². The maximum atomic E-state index is 13.6. The third-order valence-corrected chi connectivity index (χ3v) is 5.44. The van der Waals surface area contributed by atoms with Gasteiger partial charge in [-0.25, -0.2) is 18.6 Å². The van der Waals surface area contributed by atoms with Crippen LogP contribution in [-0.4, -0.2) is 41.3 Å². The molecule has 152 valence electrons. The van der Waals surface area contributed by atoms with E-state index in [0.717, 1.165) is 22.6 Å². The van der Waals surface area contributed by atoms with Gasteiger partial charge >= 0.3 is 6.03 Å². The Morgan fingerprint density at radius 2 is 1.70 bits per heavy atom. The second-order valence-corrected chi connectivity index (χ2v) is 7.53. The van der Waals surface area contributed by atoms with Crippen molar-refractivity contribution in [2.75, 3.05) is 13.1 Å². The number of carbonyl (C=O) groups excluding carboxylic acids is 1. The predicted molar refractivity (Wildman–Crippen MR) is 109 cm³/mol. The fourth-order valence-electron chi connectivity index (χ4n) is 3.89. The summed E-state index contributed by atoms with van der Waals surface area (Å²) in [6, 6.07) is 16.4. The number of urea groups is 1. The van der Waals surface area contributed by atoms with Gasteiger partial charge in [-0.05, 0) is 40.6 Å². The number of hydrogen-bond acceptors (Lipinski definition) is 3. The summed E-state index contributed by atoms with van der Waals surface area (Å²) >= 11 is 0. The van der Waals surface area contributed by atoms with E-state index in [1.165, 1.54) is 17.1 Å². The zero-order valence-electron chi connectivity index (χ0n) is 16.0. The van der Waals surface area contributed by atoms with Gasteiger partial charge in [-0.1, -0.05) is 30.3 Å². The summed E-state index contributed by atoms with van der Waals surface area (Å²) in [5, 5.41) is 7.66. The minimum atomic E-state index is -0.669. The van der Waals surface area contributed by atoms with Crippen molar-refractivity contribution in [1.29, 1.82) is 0 Å². The third kappa shape index (κ3) is 3.47. The number of benzene rings is 3. The molecule has 3 aromatic carbocycles. The number of halogens is 2. The lowest BCUT2D eigenvalue weighted by Crippen LogP contribution is -2.58. The van der Waals surface area contributed by atoms with Crippen LogP contribution < -0.4 is 4.74 Å². The Kier molecular flexibility index (Phi) is 4.58. The zero-order valence-corrected chi connectivity index (χ0v) is 16.0. The van der Waals surface area contributed by atoms with E-state index in [4.69, 9.17) is 4.74 Å². The van der Waals surface area contributed by atoms with E-state index in [1.54, 1.807) is 11.1 Å². The molecule has 0 bridgehead atoms. The number of rotatable bonds is 3. The molecule has 3 aromatic rings. The molecule has 30 heavy (non-hydrogen) atoms. The monoisotopic (exact) mass is 407 g/mol. The van der Waals surface area contributed by atoms with Gasteiger partial charge in [0.1, 0.15) is 23.5 Å². The number of carbonyl (C=O) groups is 1. The molecular weight excluding hydrogens is 388 g/mol. The Morgan fingerprint density at radius 1 is 0.967 bits per heavy atom. The van der Waals surface area contributed by atoms with E-state index in [1.807, 2.05) is 42.5 Å². The average molecular weight is 407 g/mol. The van der Waals surface area contributed by atoms with Crippen LogP contribution in [-0.2, 0) is 0 Å². The maximum absolute atomic E-state index is 13.6. The van der Waals surface area contributed by atoms with Crippen LogP contribution in [0.25, 0.3) is 10.8 Å². The van der Waals surface area contributed by atoms with Crippen LogP contribution in [0.3, 0.4) is 0 Å². The molecule has 5 rings (SSSR count). The Bertz CT molecular complexity index is 1120. The number of amides is 2. The highest BCUT2D eigenvalue weighted by molar-refractivity contribution is 5.83. The Labute approximate surface area is 172 Å². The molecule has 2 heterocycles. The van der Waals surface area contributed by atoms with Crippen LogP contribution in [0.15, 0.2) is 65.8 Å². The SMILES string of the molecule is O=C(N1CC(Oc2ccc3ccccc3c2)C1)N1N=CC[C@H]1c1cc(F)cc(F)c1. The van der Waals surface area contributed by atoms with Crippen molar-refractivity contribution in [2.45, 2.75) is 18.6 Å². The molecule has 0 spiro atoms. The summed E-state index contributed by atoms with van der Waals surface area (Å²) in [7, 11) is 0. The predicted octanol–water partition coefficient (Wildman–Crippen LogP) is 4.73. The van der Waals surface area contributed by atoms with Gasteiger partial charge in [0.05, 0.1) is 19.1 Å². The first-order valence-electron chi connectivity index (χ1n) is 9.79. The molecule has 0 saturated carbocycles. The highest BCUT2D eigenvalue weighted by Crippen LogP contribution is 2.32. The van der Waals surface area contributed by atoms with Gasteiger partial charge in [0.2, 0.25) is 0 Å². The molecule has 0 unspecified atom stereocenters. The van der Waals surface area contributed by atoms with Gasteiger partial charge in [-0.15, -0.1) is 0 Å². The first-order chi connectivity index (χ1) is 14.6. The molecule has 1 saturated heterocycles. The second kappa shape index (κ2) is 7.40. The number of nitrogens with zero attached hydrogens (tertiary/aromatic N) is 3. The van der Waals surface area contributed by atoms with Crippen LogP contribution in [0.1, 0.15) is 18.0 Å². The van der Waals surface area contributed by atoms with Gasteiger partial charge in [-0.2, -0.15) is 5.10 Å². The minimum Gasteiger partial charge on any atom is -0.487 e. The van der Waals surface area contributed by atoms with E-state index >= 15 is 0 Å². The Hall–Kier alpha value is -3.48. The molecule has 2 amide bonds. The minimum absolute atomic E-state index is 0.105. The van der Waals surface area contributed by atoms with Crippen LogP contribution in [0.2, 0.25) is 0 Å². The van der Waals surface area contributed by atoms with E-state index in [0.29, 0.717) is 25.1 Å². The van der Waals surface area contributed by atoms with Crippen molar-refractivity contribution < 1.29 is 18.3 Å². The van der Waals surface area contributed by atoms with E-state index in [9.17, 15) is 13.6 Å². The van der Waals surface area contributed by atoms with Gasteiger partial charge in [-0.3, -0.25) is 0 Å². The summed E-state index contributed by atoms with van der Waals surface area (Å²) in [6.07, 6.45) is 1.90. The molecule has 2 aliphatic rings. The van der Waals surface area contributed by atoms with Crippen LogP contribution >= 0.6 is 0 Å². The quantitative estimate of drug-likeness (QED) is 0.630. The molecule has 5 nitrogen and oxygen atoms in total. The normalized spacial score (nSPS) is 18.7. The summed E-state index contributed by atoms with van der Waals surface area (Å²) in [6.45, 7) is 0.865. The lowest BCUT2D eigenvalue weighted by Gasteiger charge is -2.41. The second-order valence-electron chi connectivity index (χ2n) is 7.53. The van der Waals surface area contributed by atoms with Crippen LogP contribution in [0.5, 0.6) is 5.75 Å². The van der Waals surface area contributed by atoms with Crippen molar-refractivity contribution in [3.63, 3.8) is 0 Å². The molecule has 0 N–H and O–H groups in total. The Morgan fingerprint density at radius 3 is 2.47 bits per heavy atom. The first-order valence-corrected chi connectivity index (χ1v) is 9.79. The third-order valence-electron chi connectivity index (χ3n) is 5.44. The van der Waals surface area contributed by atoms with Crippen LogP contribution in [0.4, 0.5) is 13.6 Å². The number of hydrogen-bond donors (Lipinski definition) is 0. The van der Waals surface area contributed by atoms with Crippen molar-refractivity contribution in [2.24, 2.45) is 5.10 Å². The average Bonchev–Trinajstić information content (AvgIpc) is 3.19. The smallest absolute Gasteiger partial charge is 0.341 e. The van der Waals surface area contributed by atoms with Crippen molar-refractivity contribution >= 4 is 23.0 Å². The van der Waals surface area contributed by atoms with Gasteiger partial charge in [0.25, 0.3) is 0 Å². The summed E-state index contributed by atoms with van der Waals surface area (Å²) in [5.41, 5.74) is 0.392. The number of fused-ring (bicyclic) bond motifs is 1. The van der Waals surface area contributed by atoms with E-state index in [-0.39, 0.29) is 12.1 Å². The molecule has 2 aliphatic heterocycles. The fourth-order valence-corrected chi connectivity index (χ4v) is 3.89. The fraction of sp³-hybridized carbons (Fsp3) is 0.217. The maximum Gasteiger partial charge on any atom is 0.341 e. The summed E-state index contributed by atoms with van der Waals surface area (Å²) in [4.78, 5) is 14.5. The molecule has 1 fully saturated rings. The molecular formula is C23H19F2N3O2. The lowest BCUT2D eigenvalue weighted by atomic mass is 10.0. The molecule has 0 aromatic heterocycles. The standard InChI is InChI=1S/C23H19F2N3O2/c24-18-9-17(10-19(25)12-18)22-7-8-26-28(22)23(29)27-13-21(14-27)30-20-6-5-15-3-1-2-4-16(15)11-20/h1-6,8-12,21-22H,7,13-14H2/t22-/m0/s1. The highest BCUT2D eigenvalue weighted by atomic mass is 19.1.